The minimum atomic E-state index is -0.316. The number of amidine groups is 1. The van der Waals surface area contributed by atoms with E-state index in [-0.39, 0.29) is 6.23 Å². The molecule has 1 heterocycles. The number of benzene rings is 1. The molecule has 2 aliphatic rings. The molecule has 1 fully saturated rings. The summed E-state index contributed by atoms with van der Waals surface area (Å²) in [5.41, 5.74) is 3.92. The van der Waals surface area contributed by atoms with E-state index in [0.717, 1.165) is 18.1 Å². The normalized spacial score (nSPS) is 21.1. The Morgan fingerprint density at radius 1 is 1.30 bits per heavy atom. The smallest absolute Gasteiger partial charge is 0.210 e. The zero-order chi connectivity index (χ0) is 16.1. The predicted molar refractivity (Wildman–Crippen MR) is 88.7 cm³/mol. The van der Waals surface area contributed by atoms with Gasteiger partial charge in [-0.2, -0.15) is 0 Å². The van der Waals surface area contributed by atoms with E-state index in [1.807, 2.05) is 19.1 Å². The van der Waals surface area contributed by atoms with Crippen molar-refractivity contribution in [1.82, 2.24) is 10.8 Å². The first-order chi connectivity index (χ1) is 11.2. The minimum Gasteiger partial charge on any atom is -0.493 e. The van der Waals surface area contributed by atoms with Gasteiger partial charge in [0, 0.05) is 12.6 Å². The van der Waals surface area contributed by atoms with Crippen molar-refractivity contribution in [2.45, 2.75) is 51.4 Å². The molecule has 0 saturated heterocycles. The Labute approximate surface area is 137 Å². The van der Waals surface area contributed by atoms with Crippen molar-refractivity contribution >= 4 is 5.84 Å². The average Bonchev–Trinajstić information content (AvgIpc) is 3.22. The van der Waals surface area contributed by atoms with E-state index in [1.165, 1.54) is 31.2 Å². The van der Waals surface area contributed by atoms with Gasteiger partial charge in [-0.05, 0) is 37.5 Å². The van der Waals surface area contributed by atoms with Crippen LogP contribution in [0.2, 0.25) is 0 Å². The van der Waals surface area contributed by atoms with Gasteiger partial charge < -0.3 is 14.8 Å². The van der Waals surface area contributed by atoms with E-state index >= 15 is 0 Å². The number of rotatable bonds is 7. The van der Waals surface area contributed by atoms with Crippen molar-refractivity contribution in [3.05, 3.63) is 23.8 Å². The number of methoxy groups -OCH3 is 1. The van der Waals surface area contributed by atoms with Crippen LogP contribution in [0, 0.1) is 0 Å². The second kappa shape index (κ2) is 7.66. The van der Waals surface area contributed by atoms with Crippen LogP contribution >= 0.6 is 0 Å². The molecule has 1 atom stereocenters. The van der Waals surface area contributed by atoms with Gasteiger partial charge in [-0.15, -0.1) is 0 Å². The van der Waals surface area contributed by atoms with Crippen LogP contribution in [-0.2, 0) is 11.4 Å². The Bertz CT molecular complexity index is 556. The Balaban J connectivity index is 1.55. The van der Waals surface area contributed by atoms with Gasteiger partial charge in [0.25, 0.3) is 0 Å². The van der Waals surface area contributed by atoms with Crippen molar-refractivity contribution in [3.63, 3.8) is 0 Å². The number of hydroxylamine groups is 1. The number of aliphatic imine (C=N–C) groups is 1. The summed E-state index contributed by atoms with van der Waals surface area (Å²) in [5.74, 6) is 2.21. The number of nitrogens with zero attached hydrogens (tertiary/aromatic N) is 1. The Morgan fingerprint density at radius 3 is 2.83 bits per heavy atom. The lowest BCUT2D eigenvalue weighted by atomic mass is 10.1. The summed E-state index contributed by atoms with van der Waals surface area (Å²) in [6, 6.07) is 6.70. The second-order valence-corrected chi connectivity index (χ2v) is 6.05. The van der Waals surface area contributed by atoms with Gasteiger partial charge in [0.2, 0.25) is 6.23 Å². The lowest BCUT2D eigenvalue weighted by molar-refractivity contribution is 0.00896. The summed E-state index contributed by atoms with van der Waals surface area (Å²) in [6.45, 7) is 3.06. The summed E-state index contributed by atoms with van der Waals surface area (Å²) >= 11 is 0. The summed E-state index contributed by atoms with van der Waals surface area (Å²) in [7, 11) is 1.66. The summed E-state index contributed by atoms with van der Waals surface area (Å²) < 4.78 is 11.2. The largest absolute Gasteiger partial charge is 0.493 e. The van der Waals surface area contributed by atoms with Gasteiger partial charge in [-0.25, -0.2) is 9.83 Å². The van der Waals surface area contributed by atoms with Gasteiger partial charge in [-0.3, -0.25) is 5.48 Å². The molecule has 1 aromatic rings. The molecule has 23 heavy (non-hydrogen) atoms. The molecule has 6 nitrogen and oxygen atoms in total. The highest BCUT2D eigenvalue weighted by Crippen LogP contribution is 2.29. The lowest BCUT2D eigenvalue weighted by Gasteiger charge is -2.15. The zero-order valence-corrected chi connectivity index (χ0v) is 13.8. The first-order valence-electron chi connectivity index (χ1n) is 8.24. The number of ether oxygens (including phenoxy) is 2. The van der Waals surface area contributed by atoms with E-state index in [9.17, 15) is 0 Å². The molecule has 1 saturated carbocycles. The summed E-state index contributed by atoms with van der Waals surface area (Å²) in [6.07, 6.45) is 4.94. The fourth-order valence-corrected chi connectivity index (χ4v) is 2.99. The highest BCUT2D eigenvalue weighted by molar-refractivity contribution is 5.79. The Kier molecular flexibility index (Phi) is 5.35. The molecule has 1 aliphatic heterocycles. The van der Waals surface area contributed by atoms with Crippen LogP contribution in [0.1, 0.15) is 38.2 Å². The molecule has 126 valence electrons. The molecule has 3 rings (SSSR count). The second-order valence-electron chi connectivity index (χ2n) is 6.05. The highest BCUT2D eigenvalue weighted by atomic mass is 16.7. The molecule has 0 aromatic heterocycles. The van der Waals surface area contributed by atoms with Gasteiger partial charge in [-0.1, -0.05) is 18.9 Å². The number of nitrogens with one attached hydrogen (secondary N) is 2. The molecule has 1 aliphatic carbocycles. The third-order valence-corrected chi connectivity index (χ3v) is 4.24. The molecule has 0 spiro atoms. The van der Waals surface area contributed by atoms with Gasteiger partial charge in [0.05, 0.1) is 7.11 Å². The van der Waals surface area contributed by atoms with Crippen molar-refractivity contribution in [1.29, 1.82) is 0 Å². The van der Waals surface area contributed by atoms with Crippen LogP contribution in [0.5, 0.6) is 11.5 Å². The quantitative estimate of drug-likeness (QED) is 0.808. The fraction of sp³-hybridized carbons (Fsp3) is 0.588. The lowest BCUT2D eigenvalue weighted by Crippen LogP contribution is -2.25. The van der Waals surface area contributed by atoms with Crippen molar-refractivity contribution < 1.29 is 14.3 Å². The van der Waals surface area contributed by atoms with E-state index in [2.05, 4.69) is 21.9 Å². The van der Waals surface area contributed by atoms with Crippen LogP contribution in [-0.4, -0.2) is 31.8 Å². The standard InChI is InChI=1S/C17H25N3O3/c1-12-19-17(23-20-12)11-22-15-8-7-13(9-16(15)21-2)10-18-14-5-3-4-6-14/h7-9,14,17-18H,3-6,10-11H2,1-2H3,(H,19,20)/t17-/m0/s1. The highest BCUT2D eigenvalue weighted by Gasteiger charge is 2.17. The van der Waals surface area contributed by atoms with Crippen LogP contribution in [0.15, 0.2) is 23.2 Å². The molecule has 6 heteroatoms. The molecule has 0 bridgehead atoms. The molecular formula is C17H25N3O3. The monoisotopic (exact) mass is 319 g/mol. The van der Waals surface area contributed by atoms with Crippen molar-refractivity contribution in [3.8, 4) is 11.5 Å². The van der Waals surface area contributed by atoms with Crippen LogP contribution in [0.4, 0.5) is 0 Å². The zero-order valence-electron chi connectivity index (χ0n) is 13.8. The molecular weight excluding hydrogens is 294 g/mol. The molecule has 1 aromatic carbocycles. The fourth-order valence-electron chi connectivity index (χ4n) is 2.99. The van der Waals surface area contributed by atoms with E-state index in [1.54, 1.807) is 7.11 Å². The number of hydrogen-bond acceptors (Lipinski definition) is 6. The molecule has 2 N–H and O–H groups in total. The molecule has 0 amide bonds. The predicted octanol–water partition coefficient (Wildman–Crippen LogP) is 2.39. The van der Waals surface area contributed by atoms with Crippen LogP contribution in [0.25, 0.3) is 0 Å². The third kappa shape index (κ3) is 4.36. The Morgan fingerprint density at radius 2 is 2.13 bits per heavy atom. The first-order valence-corrected chi connectivity index (χ1v) is 8.24. The van der Waals surface area contributed by atoms with E-state index < -0.39 is 0 Å². The summed E-state index contributed by atoms with van der Waals surface area (Å²) in [4.78, 5) is 9.51. The summed E-state index contributed by atoms with van der Waals surface area (Å²) in [5, 5.41) is 3.61. The van der Waals surface area contributed by atoms with Crippen molar-refractivity contribution in [2.24, 2.45) is 4.99 Å². The van der Waals surface area contributed by atoms with E-state index in [0.29, 0.717) is 18.4 Å². The third-order valence-electron chi connectivity index (χ3n) is 4.24. The van der Waals surface area contributed by atoms with Crippen molar-refractivity contribution in [2.75, 3.05) is 13.7 Å². The maximum Gasteiger partial charge on any atom is 0.210 e. The minimum absolute atomic E-state index is 0.316. The maximum atomic E-state index is 5.78. The molecule has 0 radical (unpaired) electrons. The van der Waals surface area contributed by atoms with Gasteiger partial charge in [0.1, 0.15) is 12.4 Å². The molecule has 0 unspecified atom stereocenters. The van der Waals surface area contributed by atoms with Gasteiger partial charge in [0.15, 0.2) is 11.5 Å². The van der Waals surface area contributed by atoms with Crippen LogP contribution < -0.4 is 20.3 Å². The SMILES string of the molecule is COc1cc(CNC2CCCC2)ccc1OC[C@H]1N=C(C)NO1. The van der Waals surface area contributed by atoms with E-state index in [4.69, 9.17) is 14.3 Å². The first kappa shape index (κ1) is 16.1. The topological polar surface area (TPSA) is 64.1 Å². The maximum absolute atomic E-state index is 5.78. The average molecular weight is 319 g/mol. The number of hydrogen-bond donors (Lipinski definition) is 2. The van der Waals surface area contributed by atoms with Crippen LogP contribution in [0.3, 0.4) is 0 Å². The Hall–Kier alpha value is -1.79. The van der Waals surface area contributed by atoms with Gasteiger partial charge >= 0.3 is 0 Å².